The van der Waals surface area contributed by atoms with E-state index >= 15 is 0 Å². The highest BCUT2D eigenvalue weighted by Crippen LogP contribution is 2.32. The van der Waals surface area contributed by atoms with Gasteiger partial charge in [-0.3, -0.25) is 4.79 Å². The zero-order valence-electron chi connectivity index (χ0n) is 13.0. The second kappa shape index (κ2) is 8.14. The summed E-state index contributed by atoms with van der Waals surface area (Å²) >= 11 is 6.92. The first-order chi connectivity index (χ1) is 11.6. The van der Waals surface area contributed by atoms with Crippen LogP contribution in [0.5, 0.6) is 5.75 Å². The number of hydrogen-bond donors (Lipinski definition) is 0. The predicted octanol–water partition coefficient (Wildman–Crippen LogP) is 4.19. The van der Waals surface area contributed by atoms with Crippen molar-refractivity contribution >= 4 is 37.8 Å². The Morgan fingerprint density at radius 3 is 2.46 bits per heavy atom. The molecule has 1 amide bonds. The molecule has 4 nitrogen and oxygen atoms in total. The van der Waals surface area contributed by atoms with Gasteiger partial charge in [0.15, 0.2) is 0 Å². The molecule has 3 rings (SSSR count). The van der Waals surface area contributed by atoms with E-state index < -0.39 is 6.10 Å². The van der Waals surface area contributed by atoms with E-state index in [2.05, 4.69) is 31.9 Å². The van der Waals surface area contributed by atoms with E-state index in [4.69, 9.17) is 9.47 Å². The smallest absolute Gasteiger partial charge is 0.268 e. The van der Waals surface area contributed by atoms with Crippen molar-refractivity contribution in [2.24, 2.45) is 0 Å². The lowest BCUT2D eigenvalue weighted by atomic mass is 10.1. The number of halogens is 2. The van der Waals surface area contributed by atoms with Crippen LogP contribution in [0.15, 0.2) is 57.5 Å². The van der Waals surface area contributed by atoms with E-state index in [1.807, 2.05) is 48.5 Å². The number of carbonyl (C=O) groups excluding carboxylic acids is 1. The Balaban J connectivity index is 1.88. The largest absolute Gasteiger partial charge is 0.475 e. The minimum absolute atomic E-state index is 0.0423. The highest BCUT2D eigenvalue weighted by molar-refractivity contribution is 9.11. The minimum Gasteiger partial charge on any atom is -0.475 e. The summed E-state index contributed by atoms with van der Waals surface area (Å²) in [5, 5.41) is 0. The maximum absolute atomic E-state index is 13.0. The Morgan fingerprint density at radius 2 is 1.79 bits per heavy atom. The zero-order valence-corrected chi connectivity index (χ0v) is 16.1. The van der Waals surface area contributed by atoms with Crippen LogP contribution in [0.2, 0.25) is 0 Å². The van der Waals surface area contributed by atoms with Crippen LogP contribution in [-0.2, 0) is 9.53 Å². The summed E-state index contributed by atoms with van der Waals surface area (Å²) in [5.41, 5.74) is 0.837. The molecule has 6 heteroatoms. The van der Waals surface area contributed by atoms with Gasteiger partial charge in [0.05, 0.1) is 17.7 Å². The molecule has 0 spiro atoms. The fourth-order valence-electron chi connectivity index (χ4n) is 2.54. The monoisotopic (exact) mass is 453 g/mol. The highest BCUT2D eigenvalue weighted by atomic mass is 79.9. The summed E-state index contributed by atoms with van der Waals surface area (Å²) in [7, 11) is 0. The molecule has 2 aromatic rings. The van der Waals surface area contributed by atoms with E-state index in [-0.39, 0.29) is 5.91 Å². The second-order valence-corrected chi connectivity index (χ2v) is 7.19. The maximum atomic E-state index is 13.0. The molecule has 0 aromatic heterocycles. The van der Waals surface area contributed by atoms with Gasteiger partial charge in [0.2, 0.25) is 6.10 Å². The summed E-state index contributed by atoms with van der Waals surface area (Å²) in [6, 6.07) is 15.2. The molecule has 1 aliphatic rings. The molecule has 1 heterocycles. The summed E-state index contributed by atoms with van der Waals surface area (Å²) in [4.78, 5) is 14.8. The van der Waals surface area contributed by atoms with Crippen LogP contribution in [0.25, 0.3) is 0 Å². The van der Waals surface area contributed by atoms with Crippen molar-refractivity contribution in [3.05, 3.63) is 63.0 Å². The van der Waals surface area contributed by atoms with Crippen molar-refractivity contribution in [3.63, 3.8) is 0 Å². The molecule has 0 bridgehead atoms. The van der Waals surface area contributed by atoms with Gasteiger partial charge in [0, 0.05) is 23.1 Å². The van der Waals surface area contributed by atoms with Crippen LogP contribution in [-0.4, -0.2) is 37.1 Å². The van der Waals surface area contributed by atoms with E-state index in [1.54, 1.807) is 4.90 Å². The van der Waals surface area contributed by atoms with Crippen molar-refractivity contribution in [1.29, 1.82) is 0 Å². The van der Waals surface area contributed by atoms with Gasteiger partial charge in [-0.05, 0) is 34.1 Å². The summed E-state index contributed by atoms with van der Waals surface area (Å²) < 4.78 is 13.2. The molecule has 1 saturated heterocycles. The normalized spacial score (nSPS) is 15.8. The quantitative estimate of drug-likeness (QED) is 0.695. The third-order valence-corrected chi connectivity index (χ3v) is 4.90. The van der Waals surface area contributed by atoms with Gasteiger partial charge >= 0.3 is 0 Å². The number of morpholine rings is 1. The van der Waals surface area contributed by atoms with Crippen LogP contribution in [0.3, 0.4) is 0 Å². The second-order valence-electron chi connectivity index (χ2n) is 5.42. The molecule has 0 saturated carbocycles. The lowest BCUT2D eigenvalue weighted by molar-refractivity contribution is -0.143. The third kappa shape index (κ3) is 4.18. The van der Waals surface area contributed by atoms with Gasteiger partial charge in [0.25, 0.3) is 5.91 Å². The number of carbonyl (C=O) groups is 1. The molecule has 0 radical (unpaired) electrons. The Bertz CT molecular complexity index is 703. The van der Waals surface area contributed by atoms with E-state index in [9.17, 15) is 4.79 Å². The van der Waals surface area contributed by atoms with Crippen LogP contribution in [0.1, 0.15) is 11.7 Å². The number of rotatable bonds is 4. The molecule has 24 heavy (non-hydrogen) atoms. The Kier molecular flexibility index (Phi) is 5.92. The van der Waals surface area contributed by atoms with Gasteiger partial charge in [-0.25, -0.2) is 0 Å². The average molecular weight is 455 g/mol. The van der Waals surface area contributed by atoms with Crippen molar-refractivity contribution in [1.82, 2.24) is 4.90 Å². The number of hydrogen-bond acceptors (Lipinski definition) is 3. The number of ether oxygens (including phenoxy) is 2. The lowest BCUT2D eigenvalue weighted by Crippen LogP contribution is -2.44. The van der Waals surface area contributed by atoms with Crippen LogP contribution in [0, 0.1) is 0 Å². The van der Waals surface area contributed by atoms with Crippen LogP contribution >= 0.6 is 31.9 Å². The summed E-state index contributed by atoms with van der Waals surface area (Å²) in [5.74, 6) is 0.591. The predicted molar refractivity (Wildman–Crippen MR) is 99.1 cm³/mol. The molecular formula is C18H17Br2NO3. The van der Waals surface area contributed by atoms with Gasteiger partial charge < -0.3 is 14.4 Å². The summed E-state index contributed by atoms with van der Waals surface area (Å²) in [6.07, 6.45) is -0.679. The number of nitrogens with zero attached hydrogens (tertiary/aromatic N) is 1. The first-order valence-corrected chi connectivity index (χ1v) is 9.27. The third-order valence-electron chi connectivity index (χ3n) is 3.79. The average Bonchev–Trinajstić information content (AvgIpc) is 2.62. The van der Waals surface area contributed by atoms with E-state index in [1.165, 1.54) is 0 Å². The fraction of sp³-hybridized carbons (Fsp3) is 0.278. The van der Waals surface area contributed by atoms with Gasteiger partial charge in [0.1, 0.15) is 5.75 Å². The molecule has 1 atom stereocenters. The first-order valence-electron chi connectivity index (χ1n) is 7.68. The molecule has 1 unspecified atom stereocenters. The van der Waals surface area contributed by atoms with Crippen molar-refractivity contribution in [3.8, 4) is 5.75 Å². The molecule has 0 aliphatic carbocycles. The topological polar surface area (TPSA) is 38.8 Å². The minimum atomic E-state index is -0.679. The standard InChI is InChI=1S/C18H17Br2NO3/c19-14-6-7-16(15(20)12-14)24-17(13-4-2-1-3-5-13)18(22)21-8-10-23-11-9-21/h1-7,12,17H,8-11H2. The lowest BCUT2D eigenvalue weighted by Gasteiger charge is -2.30. The van der Waals surface area contributed by atoms with Gasteiger partial charge in [-0.1, -0.05) is 46.3 Å². The van der Waals surface area contributed by atoms with Crippen LogP contribution < -0.4 is 4.74 Å². The molecule has 1 fully saturated rings. The van der Waals surface area contributed by atoms with Crippen molar-refractivity contribution in [2.45, 2.75) is 6.10 Å². The summed E-state index contributed by atoms with van der Waals surface area (Å²) in [6.45, 7) is 2.31. The van der Waals surface area contributed by atoms with E-state index in [0.29, 0.717) is 32.1 Å². The molecule has 1 aliphatic heterocycles. The molecule has 126 valence electrons. The maximum Gasteiger partial charge on any atom is 0.268 e. The zero-order chi connectivity index (χ0) is 16.9. The molecule has 0 N–H and O–H groups in total. The Labute approximate surface area is 158 Å². The number of benzene rings is 2. The van der Waals surface area contributed by atoms with E-state index in [0.717, 1.165) is 14.5 Å². The van der Waals surface area contributed by atoms with Gasteiger partial charge in [-0.2, -0.15) is 0 Å². The number of amides is 1. The Morgan fingerprint density at radius 1 is 1.08 bits per heavy atom. The van der Waals surface area contributed by atoms with Gasteiger partial charge in [-0.15, -0.1) is 0 Å². The van der Waals surface area contributed by atoms with Crippen molar-refractivity contribution in [2.75, 3.05) is 26.3 Å². The molecule has 2 aromatic carbocycles. The fourth-order valence-corrected chi connectivity index (χ4v) is 3.68. The highest BCUT2D eigenvalue weighted by Gasteiger charge is 2.29. The first kappa shape index (κ1) is 17.5. The van der Waals surface area contributed by atoms with Crippen molar-refractivity contribution < 1.29 is 14.3 Å². The molecular weight excluding hydrogens is 438 g/mol. The SMILES string of the molecule is O=C(C(Oc1ccc(Br)cc1Br)c1ccccc1)N1CCOCC1. The Hall–Kier alpha value is -1.37. The van der Waals surface area contributed by atoms with Crippen LogP contribution in [0.4, 0.5) is 0 Å².